The average molecular weight is 362 g/mol. The van der Waals surface area contributed by atoms with E-state index in [4.69, 9.17) is 0 Å². The number of hydrogen-bond acceptors (Lipinski definition) is 5. The second-order valence-electron chi connectivity index (χ2n) is 6.35. The van der Waals surface area contributed by atoms with Gasteiger partial charge in [0, 0.05) is 19.4 Å². The van der Waals surface area contributed by atoms with E-state index in [9.17, 15) is 19.2 Å². The Balaban J connectivity index is 1.63. The van der Waals surface area contributed by atoms with Gasteiger partial charge in [0.25, 0.3) is 0 Å². The van der Waals surface area contributed by atoms with Crippen LogP contribution in [0.25, 0.3) is 0 Å². The van der Waals surface area contributed by atoms with Crippen LogP contribution in [0.5, 0.6) is 0 Å². The summed E-state index contributed by atoms with van der Waals surface area (Å²) in [6, 6.07) is 0.521. The van der Waals surface area contributed by atoms with Crippen LogP contribution in [0.4, 0.5) is 4.79 Å². The van der Waals surface area contributed by atoms with Crippen LogP contribution in [-0.2, 0) is 34.0 Å². The molecule has 1 saturated heterocycles. The number of carbonyl (C=O) groups is 4. The van der Waals surface area contributed by atoms with Gasteiger partial charge in [-0.05, 0) is 12.5 Å². The lowest BCUT2D eigenvalue weighted by Crippen LogP contribution is -2.51. The monoisotopic (exact) mass is 362 g/mol. The second kappa shape index (κ2) is 7.54. The van der Waals surface area contributed by atoms with Crippen molar-refractivity contribution in [2.24, 2.45) is 0 Å². The zero-order valence-corrected chi connectivity index (χ0v) is 14.6. The predicted molar refractivity (Wildman–Crippen MR) is 89.5 cm³/mol. The largest absolute Gasteiger partial charge is 0.350 e. The molecule has 0 aromatic carbocycles. The van der Waals surface area contributed by atoms with Gasteiger partial charge in [-0.2, -0.15) is 5.10 Å². The molecule has 2 aliphatic rings. The van der Waals surface area contributed by atoms with Crippen LogP contribution < -0.4 is 16.0 Å². The quantitative estimate of drug-likeness (QED) is 0.649. The number of fused-ring (bicyclic) bond motifs is 1. The second-order valence-corrected chi connectivity index (χ2v) is 6.35. The summed E-state index contributed by atoms with van der Waals surface area (Å²) in [5, 5.41) is 11.9. The maximum Gasteiger partial charge on any atom is 0.322 e. The van der Waals surface area contributed by atoms with E-state index in [0.717, 1.165) is 11.4 Å². The first-order valence-corrected chi connectivity index (χ1v) is 8.67. The van der Waals surface area contributed by atoms with Gasteiger partial charge < -0.3 is 15.5 Å². The van der Waals surface area contributed by atoms with Crippen molar-refractivity contribution in [1.82, 2.24) is 30.6 Å². The van der Waals surface area contributed by atoms with Crippen LogP contribution in [0.1, 0.15) is 37.6 Å². The Bertz CT molecular complexity index is 743. The van der Waals surface area contributed by atoms with Crippen molar-refractivity contribution >= 4 is 23.8 Å². The van der Waals surface area contributed by atoms with E-state index in [1.807, 2.05) is 10.7 Å². The maximum absolute atomic E-state index is 12.7. The smallest absolute Gasteiger partial charge is 0.322 e. The number of nitrogens with zero attached hydrogens (tertiary/aromatic N) is 3. The number of nitrogens with one attached hydrogen (secondary N) is 3. The highest BCUT2D eigenvalue weighted by Crippen LogP contribution is 2.16. The van der Waals surface area contributed by atoms with E-state index >= 15 is 0 Å². The Morgan fingerprint density at radius 2 is 2.15 bits per heavy atom. The molecule has 1 aromatic rings. The molecule has 3 rings (SSSR count). The van der Waals surface area contributed by atoms with Crippen molar-refractivity contribution in [3.8, 4) is 0 Å². The molecule has 0 radical (unpaired) electrons. The first-order valence-electron chi connectivity index (χ1n) is 8.67. The molecule has 5 amide bonds. The van der Waals surface area contributed by atoms with Crippen molar-refractivity contribution in [3.63, 3.8) is 0 Å². The summed E-state index contributed by atoms with van der Waals surface area (Å²) in [5.74, 6) is -0.628. The Morgan fingerprint density at radius 1 is 1.35 bits per heavy atom. The Hall–Kier alpha value is -2.91. The SMILES string of the molecule is CCC(=O)NCc1cc2n(n1)CCN(C(=O)[C@H]1CCC(=O)NC(=O)N1)C2. The van der Waals surface area contributed by atoms with Crippen molar-refractivity contribution in [2.45, 2.75) is 51.9 Å². The molecule has 1 atom stereocenters. The molecule has 2 aliphatic heterocycles. The molecule has 3 heterocycles. The number of imide groups is 1. The minimum atomic E-state index is -0.709. The molecule has 26 heavy (non-hydrogen) atoms. The lowest BCUT2D eigenvalue weighted by Gasteiger charge is -2.30. The summed E-state index contributed by atoms with van der Waals surface area (Å²) in [6.45, 7) is 3.53. The molecule has 0 aliphatic carbocycles. The third-order valence-electron chi connectivity index (χ3n) is 4.46. The average Bonchev–Trinajstić information content (AvgIpc) is 2.95. The lowest BCUT2D eigenvalue weighted by atomic mass is 10.1. The van der Waals surface area contributed by atoms with Crippen molar-refractivity contribution < 1.29 is 19.2 Å². The number of amides is 5. The minimum Gasteiger partial charge on any atom is -0.350 e. The van der Waals surface area contributed by atoms with Crippen LogP contribution in [0.2, 0.25) is 0 Å². The van der Waals surface area contributed by atoms with Gasteiger partial charge in [0.2, 0.25) is 17.7 Å². The molecule has 1 aromatic heterocycles. The van der Waals surface area contributed by atoms with E-state index in [1.165, 1.54) is 0 Å². The van der Waals surface area contributed by atoms with Crippen LogP contribution in [-0.4, -0.2) is 51.0 Å². The highest BCUT2D eigenvalue weighted by atomic mass is 16.2. The minimum absolute atomic E-state index is 0.0416. The molecule has 10 heteroatoms. The number of urea groups is 1. The highest BCUT2D eigenvalue weighted by molar-refractivity contribution is 5.98. The van der Waals surface area contributed by atoms with Crippen LogP contribution >= 0.6 is 0 Å². The van der Waals surface area contributed by atoms with Crippen LogP contribution in [0.3, 0.4) is 0 Å². The first kappa shape index (κ1) is 17.9. The molecular weight excluding hydrogens is 340 g/mol. The van der Waals surface area contributed by atoms with Gasteiger partial charge in [-0.25, -0.2) is 4.79 Å². The van der Waals surface area contributed by atoms with Gasteiger partial charge in [-0.15, -0.1) is 0 Å². The van der Waals surface area contributed by atoms with Gasteiger partial charge >= 0.3 is 6.03 Å². The number of hydrogen-bond donors (Lipinski definition) is 3. The normalized spacial score (nSPS) is 19.9. The topological polar surface area (TPSA) is 125 Å². The standard InChI is InChI=1S/C16H22N6O4/c1-2-13(23)17-8-10-7-11-9-21(5-6-22(11)20-10)15(25)12-3-4-14(24)19-16(26)18-12/h7,12H,2-6,8-9H2,1H3,(H,17,23)(H2,18,19,24,26)/t12-/m1/s1. The zero-order chi connectivity index (χ0) is 18.7. The maximum atomic E-state index is 12.7. The molecule has 0 spiro atoms. The fraction of sp³-hybridized carbons (Fsp3) is 0.562. The molecule has 0 saturated carbocycles. The molecule has 3 N–H and O–H groups in total. The van der Waals surface area contributed by atoms with Crippen molar-refractivity contribution in [2.75, 3.05) is 6.54 Å². The fourth-order valence-corrected chi connectivity index (χ4v) is 3.05. The van der Waals surface area contributed by atoms with Crippen LogP contribution in [0.15, 0.2) is 6.07 Å². The van der Waals surface area contributed by atoms with E-state index in [0.29, 0.717) is 32.6 Å². The molecule has 0 bridgehead atoms. The zero-order valence-electron chi connectivity index (χ0n) is 14.6. The van der Waals surface area contributed by atoms with E-state index in [2.05, 4.69) is 21.0 Å². The van der Waals surface area contributed by atoms with E-state index in [-0.39, 0.29) is 30.6 Å². The van der Waals surface area contributed by atoms with Crippen molar-refractivity contribution in [3.05, 3.63) is 17.5 Å². The molecule has 10 nitrogen and oxygen atoms in total. The van der Waals surface area contributed by atoms with Gasteiger partial charge in [0.15, 0.2) is 0 Å². The third kappa shape index (κ3) is 4.01. The number of carbonyl (C=O) groups excluding carboxylic acids is 4. The number of aromatic nitrogens is 2. The fourth-order valence-electron chi connectivity index (χ4n) is 3.05. The van der Waals surface area contributed by atoms with E-state index < -0.39 is 12.1 Å². The van der Waals surface area contributed by atoms with Gasteiger partial charge in [-0.3, -0.25) is 24.4 Å². The van der Waals surface area contributed by atoms with Gasteiger partial charge in [0.1, 0.15) is 6.04 Å². The molecule has 140 valence electrons. The van der Waals surface area contributed by atoms with Crippen LogP contribution in [0, 0.1) is 0 Å². The number of rotatable bonds is 4. The molecular formula is C16H22N6O4. The highest BCUT2D eigenvalue weighted by Gasteiger charge is 2.31. The van der Waals surface area contributed by atoms with Crippen molar-refractivity contribution in [1.29, 1.82) is 0 Å². The summed E-state index contributed by atoms with van der Waals surface area (Å²) in [4.78, 5) is 48.7. The van der Waals surface area contributed by atoms with Gasteiger partial charge in [-0.1, -0.05) is 6.92 Å². The summed E-state index contributed by atoms with van der Waals surface area (Å²) in [7, 11) is 0. The Labute approximate surface area is 150 Å². The molecule has 1 fully saturated rings. The third-order valence-corrected chi connectivity index (χ3v) is 4.46. The molecule has 0 unspecified atom stereocenters. The summed E-state index contributed by atoms with van der Waals surface area (Å²) in [5.41, 5.74) is 1.62. The Morgan fingerprint density at radius 3 is 2.92 bits per heavy atom. The summed E-state index contributed by atoms with van der Waals surface area (Å²) >= 11 is 0. The predicted octanol–water partition coefficient (Wildman–Crippen LogP) is -0.760. The van der Waals surface area contributed by atoms with E-state index in [1.54, 1.807) is 11.8 Å². The van der Waals surface area contributed by atoms with Gasteiger partial charge in [0.05, 0.1) is 31.0 Å². The summed E-state index contributed by atoms with van der Waals surface area (Å²) in [6.07, 6.45) is 0.822. The summed E-state index contributed by atoms with van der Waals surface area (Å²) < 4.78 is 1.83. The Kier molecular flexibility index (Phi) is 5.19. The lowest BCUT2D eigenvalue weighted by molar-refractivity contribution is -0.134. The first-order chi connectivity index (χ1) is 12.5.